The lowest BCUT2D eigenvalue weighted by Crippen LogP contribution is -2.51. The van der Waals surface area contributed by atoms with E-state index in [1.807, 2.05) is 27.7 Å². The second kappa shape index (κ2) is 9.70. The second-order valence-corrected chi connectivity index (χ2v) is 15.7. The van der Waals surface area contributed by atoms with Gasteiger partial charge in [-0.2, -0.15) is 0 Å². The summed E-state index contributed by atoms with van der Waals surface area (Å²) in [5.74, 6) is 0.958. The molecule has 0 spiro atoms. The molecular weight excluding hydrogens is 344 g/mol. The molecule has 3 nitrogen and oxygen atoms in total. The van der Waals surface area contributed by atoms with E-state index in [-0.39, 0.29) is 22.5 Å². The normalized spacial score (nSPS) is 14.9. The molecule has 0 fully saturated rings. The highest BCUT2D eigenvalue weighted by Crippen LogP contribution is 2.46. The number of hydrogen-bond donors (Lipinski definition) is 0. The molecule has 1 unspecified atom stereocenters. The quantitative estimate of drug-likeness (QED) is 0.451. The fraction of sp³-hybridized carbons (Fsp3) is 0.950. The van der Waals surface area contributed by atoms with Gasteiger partial charge in [0.05, 0.1) is 5.92 Å². The summed E-state index contributed by atoms with van der Waals surface area (Å²) in [4.78, 5) is 12.9. The van der Waals surface area contributed by atoms with Crippen LogP contribution in [0.15, 0.2) is 0 Å². The van der Waals surface area contributed by atoms with Crippen LogP contribution in [0.5, 0.6) is 0 Å². The van der Waals surface area contributed by atoms with Gasteiger partial charge in [0, 0.05) is 5.60 Å². The standard InChI is InChI=1S/C20H42O3Si2/c1-15(2)13-25(14-16(3)4,20(9,10)11)22-18(21)17(5)12-24-23-19(6,7)8/h15-17H,12-14H2,1-11H3. The number of carbonyl (C=O) groups is 1. The van der Waals surface area contributed by atoms with Gasteiger partial charge in [-0.05, 0) is 55.8 Å². The van der Waals surface area contributed by atoms with Gasteiger partial charge >= 0.3 is 0 Å². The van der Waals surface area contributed by atoms with Crippen molar-refractivity contribution in [1.82, 2.24) is 0 Å². The predicted octanol–water partition coefficient (Wildman–Crippen LogP) is 6.08. The lowest BCUT2D eigenvalue weighted by atomic mass is 10.2. The summed E-state index contributed by atoms with van der Waals surface area (Å²) in [6, 6.07) is 2.82. The summed E-state index contributed by atoms with van der Waals surface area (Å²) in [7, 11) is -1.88. The Morgan fingerprint density at radius 3 is 1.68 bits per heavy atom. The van der Waals surface area contributed by atoms with Crippen LogP contribution in [-0.4, -0.2) is 29.7 Å². The van der Waals surface area contributed by atoms with Crippen LogP contribution >= 0.6 is 0 Å². The van der Waals surface area contributed by atoms with Gasteiger partial charge in [-0.15, -0.1) is 0 Å². The van der Waals surface area contributed by atoms with Crippen molar-refractivity contribution in [2.45, 2.75) is 105 Å². The zero-order chi connectivity index (χ0) is 20.1. The average molecular weight is 387 g/mol. The molecule has 0 aliphatic heterocycles. The molecule has 0 aromatic carbocycles. The van der Waals surface area contributed by atoms with Gasteiger partial charge in [-0.3, -0.25) is 4.79 Å². The van der Waals surface area contributed by atoms with E-state index in [4.69, 9.17) is 8.85 Å². The first-order valence-corrected chi connectivity index (χ1v) is 13.2. The molecule has 0 bridgehead atoms. The summed E-state index contributed by atoms with van der Waals surface area (Å²) in [5, 5.41) is 0.0428. The fourth-order valence-electron chi connectivity index (χ4n) is 3.01. The van der Waals surface area contributed by atoms with Crippen LogP contribution in [0.1, 0.15) is 76.2 Å². The third-order valence-corrected chi connectivity index (χ3v) is 12.1. The third kappa shape index (κ3) is 9.39. The summed E-state index contributed by atoms with van der Waals surface area (Å²) >= 11 is 0. The molecule has 0 N–H and O–H groups in total. The molecule has 0 saturated carbocycles. The Kier molecular flexibility index (Phi) is 9.65. The first-order chi connectivity index (χ1) is 11.1. The minimum atomic E-state index is -2.21. The summed E-state index contributed by atoms with van der Waals surface area (Å²) < 4.78 is 12.2. The van der Waals surface area contributed by atoms with E-state index in [0.29, 0.717) is 21.6 Å². The average Bonchev–Trinajstić information content (AvgIpc) is 2.33. The molecule has 0 amide bonds. The number of hydrogen-bond acceptors (Lipinski definition) is 3. The van der Waals surface area contributed by atoms with Crippen LogP contribution < -0.4 is 0 Å². The maximum atomic E-state index is 12.9. The molecule has 0 heterocycles. The predicted molar refractivity (Wildman–Crippen MR) is 111 cm³/mol. The van der Waals surface area contributed by atoms with Crippen molar-refractivity contribution in [3.05, 3.63) is 0 Å². The highest BCUT2D eigenvalue weighted by atomic mass is 28.4. The Morgan fingerprint density at radius 1 is 0.920 bits per heavy atom. The lowest BCUT2D eigenvalue weighted by Gasteiger charge is -2.44. The van der Waals surface area contributed by atoms with Gasteiger partial charge in [0.25, 0.3) is 14.3 Å². The highest BCUT2D eigenvalue weighted by Gasteiger charge is 2.50. The summed E-state index contributed by atoms with van der Waals surface area (Å²) in [6.45, 7) is 23.9. The second-order valence-electron chi connectivity index (χ2n) is 10.3. The third-order valence-electron chi connectivity index (χ3n) is 4.31. The highest BCUT2D eigenvalue weighted by molar-refractivity contribution is 6.78. The Balaban J connectivity index is 5.18. The van der Waals surface area contributed by atoms with Crippen molar-refractivity contribution in [2.75, 3.05) is 0 Å². The maximum absolute atomic E-state index is 12.9. The van der Waals surface area contributed by atoms with Crippen LogP contribution in [0.3, 0.4) is 0 Å². The Morgan fingerprint density at radius 2 is 1.36 bits per heavy atom. The van der Waals surface area contributed by atoms with Crippen LogP contribution in [-0.2, 0) is 13.6 Å². The molecular formula is C20H42O3Si2. The molecule has 0 aromatic rings. The lowest BCUT2D eigenvalue weighted by molar-refractivity contribution is -0.139. The molecule has 5 heteroatoms. The number of carbonyl (C=O) groups excluding carboxylic acids is 1. The molecule has 0 aliphatic carbocycles. The maximum Gasteiger partial charge on any atom is 0.295 e. The van der Waals surface area contributed by atoms with Crippen LogP contribution in [0.4, 0.5) is 0 Å². The van der Waals surface area contributed by atoms with Gasteiger partial charge in [0.1, 0.15) is 0 Å². The van der Waals surface area contributed by atoms with Crippen molar-refractivity contribution in [3.63, 3.8) is 0 Å². The molecule has 1 atom stereocenters. The van der Waals surface area contributed by atoms with Gasteiger partial charge in [-0.25, -0.2) is 0 Å². The van der Waals surface area contributed by atoms with E-state index in [1.165, 1.54) is 0 Å². The fourth-order valence-corrected chi connectivity index (χ4v) is 9.03. The van der Waals surface area contributed by atoms with E-state index in [0.717, 1.165) is 18.1 Å². The molecule has 0 rings (SSSR count). The van der Waals surface area contributed by atoms with Crippen LogP contribution in [0, 0.1) is 17.8 Å². The molecule has 0 aliphatic rings. The SMILES string of the molecule is CC(C)C[Si](CC(C)C)(OC(=O)C(C)C[Si]OC(C)(C)C)C(C)(C)C. The van der Waals surface area contributed by atoms with E-state index in [2.05, 4.69) is 48.5 Å². The smallest absolute Gasteiger partial charge is 0.295 e. The summed E-state index contributed by atoms with van der Waals surface area (Å²) in [5.41, 5.74) is -0.152. The largest absolute Gasteiger partial charge is 0.518 e. The van der Waals surface area contributed by atoms with Crippen molar-refractivity contribution < 1.29 is 13.6 Å². The first-order valence-electron chi connectivity index (χ1n) is 9.73. The minimum Gasteiger partial charge on any atom is -0.518 e. The van der Waals surface area contributed by atoms with E-state index >= 15 is 0 Å². The van der Waals surface area contributed by atoms with E-state index in [1.54, 1.807) is 0 Å². The zero-order valence-electron chi connectivity index (χ0n) is 18.6. The Bertz CT molecular complexity index is 396. The van der Waals surface area contributed by atoms with Crippen LogP contribution in [0.25, 0.3) is 0 Å². The monoisotopic (exact) mass is 386 g/mol. The van der Waals surface area contributed by atoms with Crippen molar-refractivity contribution in [3.8, 4) is 0 Å². The molecule has 25 heavy (non-hydrogen) atoms. The molecule has 2 radical (unpaired) electrons. The summed E-state index contributed by atoms with van der Waals surface area (Å²) in [6.07, 6.45) is 0. The van der Waals surface area contributed by atoms with Gasteiger partial charge in [0.2, 0.25) is 9.76 Å². The van der Waals surface area contributed by atoms with Crippen molar-refractivity contribution >= 4 is 24.0 Å². The van der Waals surface area contributed by atoms with E-state index in [9.17, 15) is 4.79 Å². The minimum absolute atomic E-state index is 0.0205. The Hall–Kier alpha value is -0.136. The zero-order valence-corrected chi connectivity index (χ0v) is 20.6. The molecule has 0 aromatic heterocycles. The van der Waals surface area contributed by atoms with Gasteiger partial charge < -0.3 is 8.85 Å². The number of rotatable bonds is 9. The van der Waals surface area contributed by atoms with Gasteiger partial charge in [-0.1, -0.05) is 55.4 Å². The van der Waals surface area contributed by atoms with Crippen molar-refractivity contribution in [1.29, 1.82) is 0 Å². The van der Waals surface area contributed by atoms with Crippen LogP contribution in [0.2, 0.25) is 23.2 Å². The van der Waals surface area contributed by atoms with E-state index < -0.39 is 8.32 Å². The molecule has 148 valence electrons. The first kappa shape index (κ1) is 24.9. The van der Waals surface area contributed by atoms with Gasteiger partial charge in [0.15, 0.2) is 0 Å². The van der Waals surface area contributed by atoms with Crippen molar-refractivity contribution in [2.24, 2.45) is 17.8 Å². The Labute approximate surface area is 160 Å². The molecule has 0 saturated heterocycles. The topological polar surface area (TPSA) is 35.5 Å².